The van der Waals surface area contributed by atoms with E-state index in [2.05, 4.69) is 9.97 Å². The molecule has 21 heavy (non-hydrogen) atoms. The molecule has 0 spiro atoms. The number of carbonyl (C=O) groups is 1. The summed E-state index contributed by atoms with van der Waals surface area (Å²) < 4.78 is 5.73. The minimum absolute atomic E-state index is 0.231. The quantitative estimate of drug-likeness (QED) is 0.785. The molecule has 2 heterocycles. The Morgan fingerprint density at radius 1 is 1.33 bits per heavy atom. The Kier molecular flexibility index (Phi) is 3.48. The van der Waals surface area contributed by atoms with Crippen molar-refractivity contribution in [3.8, 4) is 11.6 Å². The Bertz CT molecular complexity index is 847. The number of ether oxygens (including phenoxy) is 1. The number of rotatable bonds is 3. The van der Waals surface area contributed by atoms with Gasteiger partial charge in [0.15, 0.2) is 0 Å². The van der Waals surface area contributed by atoms with Crippen molar-refractivity contribution in [2.75, 3.05) is 0 Å². The number of aromatic nitrogens is 2. The molecule has 1 aromatic carbocycles. The Labute approximate surface area is 128 Å². The van der Waals surface area contributed by atoms with Gasteiger partial charge in [0.25, 0.3) is 0 Å². The van der Waals surface area contributed by atoms with Crippen LogP contribution in [0, 0.1) is 6.92 Å². The van der Waals surface area contributed by atoms with E-state index >= 15 is 0 Å². The lowest BCUT2D eigenvalue weighted by Gasteiger charge is -2.07. The number of fused-ring (bicyclic) bond motifs is 1. The molecule has 0 radical (unpaired) electrons. The molecule has 0 atom stereocenters. The number of thiophene rings is 1. The van der Waals surface area contributed by atoms with Crippen molar-refractivity contribution in [3.63, 3.8) is 0 Å². The Morgan fingerprint density at radius 2 is 2.10 bits per heavy atom. The van der Waals surface area contributed by atoms with Crippen LogP contribution in [0.2, 0.25) is 5.02 Å². The van der Waals surface area contributed by atoms with Gasteiger partial charge < -0.3 is 9.84 Å². The Balaban J connectivity index is 2.15. The number of benzene rings is 1. The van der Waals surface area contributed by atoms with Crippen molar-refractivity contribution in [1.29, 1.82) is 0 Å². The van der Waals surface area contributed by atoms with Crippen molar-refractivity contribution in [3.05, 3.63) is 46.1 Å². The van der Waals surface area contributed by atoms with Gasteiger partial charge in [0.2, 0.25) is 5.88 Å². The van der Waals surface area contributed by atoms with E-state index in [4.69, 9.17) is 16.3 Å². The average molecular weight is 321 g/mol. The van der Waals surface area contributed by atoms with E-state index in [1.807, 2.05) is 0 Å². The van der Waals surface area contributed by atoms with Gasteiger partial charge in [-0.3, -0.25) is 0 Å². The lowest BCUT2D eigenvalue weighted by atomic mass is 10.2. The second kappa shape index (κ2) is 5.31. The minimum atomic E-state index is -0.987. The monoisotopic (exact) mass is 320 g/mol. The van der Waals surface area contributed by atoms with Gasteiger partial charge in [0, 0.05) is 0 Å². The third kappa shape index (κ3) is 2.43. The highest BCUT2D eigenvalue weighted by atomic mass is 35.5. The molecular weight excluding hydrogens is 312 g/mol. The number of carboxylic acid groups (broad SMARTS) is 1. The lowest BCUT2D eigenvalue weighted by molar-refractivity contribution is 0.0701. The highest BCUT2D eigenvalue weighted by Crippen LogP contribution is 2.37. The van der Waals surface area contributed by atoms with Crippen molar-refractivity contribution in [2.24, 2.45) is 0 Å². The zero-order chi connectivity index (χ0) is 15.0. The van der Waals surface area contributed by atoms with Gasteiger partial charge in [-0.15, -0.1) is 11.3 Å². The van der Waals surface area contributed by atoms with Crippen molar-refractivity contribution >= 4 is 39.1 Å². The Morgan fingerprint density at radius 3 is 2.81 bits per heavy atom. The van der Waals surface area contributed by atoms with Crippen LogP contribution in [-0.2, 0) is 0 Å². The van der Waals surface area contributed by atoms with Gasteiger partial charge >= 0.3 is 5.97 Å². The van der Waals surface area contributed by atoms with Crippen LogP contribution in [0.3, 0.4) is 0 Å². The molecule has 5 nitrogen and oxygen atoms in total. The summed E-state index contributed by atoms with van der Waals surface area (Å²) in [5, 5.41) is 10.2. The third-order valence-electron chi connectivity index (χ3n) is 2.93. The molecule has 0 saturated heterocycles. The van der Waals surface area contributed by atoms with Crippen molar-refractivity contribution < 1.29 is 14.6 Å². The first-order valence-electron chi connectivity index (χ1n) is 5.97. The molecule has 0 aliphatic heterocycles. The second-order valence-electron chi connectivity index (χ2n) is 4.25. The van der Waals surface area contributed by atoms with Gasteiger partial charge in [-0.2, -0.15) is 0 Å². The number of carboxylic acids is 1. The number of para-hydroxylation sites is 1. The first-order chi connectivity index (χ1) is 10.1. The summed E-state index contributed by atoms with van der Waals surface area (Å²) in [6.07, 6.45) is 1.34. The molecule has 0 aliphatic carbocycles. The smallest absolute Gasteiger partial charge is 0.346 e. The molecule has 1 N–H and O–H groups in total. The van der Waals surface area contributed by atoms with E-state index in [1.165, 1.54) is 6.33 Å². The summed E-state index contributed by atoms with van der Waals surface area (Å²) in [6, 6.07) is 7.01. The molecule has 0 unspecified atom stereocenters. The van der Waals surface area contributed by atoms with E-state index in [1.54, 1.807) is 31.2 Å². The first-order valence-corrected chi connectivity index (χ1v) is 7.17. The standard InChI is InChI=1S/C14H9ClN2O3S/c1-7-10-12(20-9-5-3-2-4-8(9)15)16-6-17-13(10)21-11(7)14(18)19/h2-6H,1H3,(H,18,19). The summed E-state index contributed by atoms with van der Waals surface area (Å²) >= 11 is 7.16. The van der Waals surface area contributed by atoms with E-state index in [0.29, 0.717) is 32.4 Å². The molecule has 3 rings (SSSR count). The normalized spacial score (nSPS) is 10.8. The van der Waals surface area contributed by atoms with Gasteiger partial charge in [-0.1, -0.05) is 23.7 Å². The molecule has 106 valence electrons. The minimum Gasteiger partial charge on any atom is -0.477 e. The zero-order valence-electron chi connectivity index (χ0n) is 10.8. The number of halogens is 1. The maximum absolute atomic E-state index is 11.2. The summed E-state index contributed by atoms with van der Waals surface area (Å²) in [4.78, 5) is 20.2. The number of aryl methyl sites for hydroxylation is 1. The van der Waals surface area contributed by atoms with E-state index in [-0.39, 0.29) is 4.88 Å². The summed E-state index contributed by atoms with van der Waals surface area (Å²) in [5.74, 6) is -0.227. The predicted molar refractivity (Wildman–Crippen MR) is 80.6 cm³/mol. The number of hydrogen-bond acceptors (Lipinski definition) is 5. The number of nitrogens with zero attached hydrogens (tertiary/aromatic N) is 2. The van der Waals surface area contributed by atoms with Crippen LogP contribution >= 0.6 is 22.9 Å². The molecule has 3 aromatic rings. The fourth-order valence-corrected chi connectivity index (χ4v) is 3.10. The fourth-order valence-electron chi connectivity index (χ4n) is 1.95. The van der Waals surface area contributed by atoms with Gasteiger partial charge in [0.1, 0.15) is 21.8 Å². The maximum atomic E-state index is 11.2. The molecule has 0 amide bonds. The van der Waals surface area contributed by atoms with Crippen LogP contribution in [0.5, 0.6) is 11.6 Å². The molecule has 0 bridgehead atoms. The Hall–Kier alpha value is -2.18. The number of hydrogen-bond donors (Lipinski definition) is 1. The number of aromatic carboxylic acids is 1. The molecule has 0 aliphatic rings. The molecule has 7 heteroatoms. The maximum Gasteiger partial charge on any atom is 0.346 e. The van der Waals surface area contributed by atoms with Crippen LogP contribution in [-0.4, -0.2) is 21.0 Å². The van der Waals surface area contributed by atoms with Gasteiger partial charge in [-0.25, -0.2) is 14.8 Å². The first kappa shape index (κ1) is 13.8. The fraction of sp³-hybridized carbons (Fsp3) is 0.0714. The zero-order valence-corrected chi connectivity index (χ0v) is 12.4. The average Bonchev–Trinajstić information content (AvgIpc) is 2.80. The lowest BCUT2D eigenvalue weighted by Crippen LogP contribution is -1.95. The van der Waals surface area contributed by atoms with Gasteiger partial charge in [0.05, 0.1) is 10.4 Å². The van der Waals surface area contributed by atoms with E-state index < -0.39 is 5.97 Å². The molecule has 0 fully saturated rings. The third-order valence-corrected chi connectivity index (χ3v) is 4.43. The summed E-state index contributed by atoms with van der Waals surface area (Å²) in [7, 11) is 0. The highest BCUT2D eigenvalue weighted by molar-refractivity contribution is 7.20. The van der Waals surface area contributed by atoms with Crippen LogP contribution in [0.4, 0.5) is 0 Å². The van der Waals surface area contributed by atoms with Gasteiger partial charge in [-0.05, 0) is 24.6 Å². The van der Waals surface area contributed by atoms with E-state index in [0.717, 1.165) is 11.3 Å². The van der Waals surface area contributed by atoms with Crippen LogP contribution in [0.25, 0.3) is 10.2 Å². The SMILES string of the molecule is Cc1c(C(=O)O)sc2ncnc(Oc3ccccc3Cl)c12. The van der Waals surface area contributed by atoms with Crippen LogP contribution in [0.1, 0.15) is 15.2 Å². The summed E-state index contributed by atoms with van der Waals surface area (Å²) in [6.45, 7) is 1.71. The largest absolute Gasteiger partial charge is 0.477 e. The van der Waals surface area contributed by atoms with Crippen molar-refractivity contribution in [2.45, 2.75) is 6.92 Å². The second-order valence-corrected chi connectivity index (χ2v) is 5.66. The summed E-state index contributed by atoms with van der Waals surface area (Å²) in [5.41, 5.74) is 0.588. The van der Waals surface area contributed by atoms with Crippen molar-refractivity contribution in [1.82, 2.24) is 9.97 Å². The van der Waals surface area contributed by atoms with E-state index in [9.17, 15) is 9.90 Å². The molecule has 0 saturated carbocycles. The van der Waals surface area contributed by atoms with Crippen LogP contribution < -0.4 is 4.74 Å². The molecular formula is C14H9ClN2O3S. The molecule has 2 aromatic heterocycles. The topological polar surface area (TPSA) is 72.3 Å². The van der Waals surface area contributed by atoms with Crippen LogP contribution in [0.15, 0.2) is 30.6 Å². The highest BCUT2D eigenvalue weighted by Gasteiger charge is 2.20. The predicted octanol–water partition coefficient (Wildman–Crippen LogP) is 4.14.